The highest BCUT2D eigenvalue weighted by Gasteiger charge is 2.35. The zero-order chi connectivity index (χ0) is 13.8. The third kappa shape index (κ3) is 3.96. The lowest BCUT2D eigenvalue weighted by Crippen LogP contribution is -2.16. The number of hydrogen-bond acceptors (Lipinski definition) is 2. The Hall–Kier alpha value is -1.14. The molecule has 1 aromatic rings. The molecule has 1 atom stereocenters. The minimum Gasteiger partial charge on any atom is -0.386 e. The topological polar surface area (TPSA) is 29.5 Å². The highest BCUT2D eigenvalue weighted by Crippen LogP contribution is 2.35. The van der Waals surface area contributed by atoms with Crippen LogP contribution >= 0.6 is 0 Å². The van der Waals surface area contributed by atoms with Gasteiger partial charge in [0.15, 0.2) is 0 Å². The Bertz CT molecular complexity index is 390. The van der Waals surface area contributed by atoms with E-state index < -0.39 is 29.2 Å². The zero-order valence-electron chi connectivity index (χ0n) is 9.80. The molecule has 0 amide bonds. The summed E-state index contributed by atoms with van der Waals surface area (Å²) in [6, 6.07) is 2.02. The Kier molecular flexibility index (Phi) is 5.10. The highest BCUT2D eigenvalue weighted by atomic mass is 19.4. The maximum Gasteiger partial charge on any atom is 0.416 e. The van der Waals surface area contributed by atoms with Gasteiger partial charge in [0.2, 0.25) is 0 Å². The van der Waals surface area contributed by atoms with E-state index >= 15 is 0 Å². The van der Waals surface area contributed by atoms with Crippen molar-refractivity contribution in [3.8, 4) is 0 Å². The van der Waals surface area contributed by atoms with Gasteiger partial charge in [-0.25, -0.2) is 4.39 Å². The van der Waals surface area contributed by atoms with E-state index in [1.165, 1.54) is 0 Å². The monoisotopic (exact) mass is 266 g/mol. The van der Waals surface area contributed by atoms with Crippen LogP contribution in [-0.4, -0.2) is 18.3 Å². The summed E-state index contributed by atoms with van der Waals surface area (Å²) < 4.78 is 55.9. The molecule has 0 fully saturated rings. The molecule has 0 aliphatic rings. The van der Waals surface area contributed by atoms with Gasteiger partial charge in [-0.2, -0.15) is 13.2 Å². The number of benzene rings is 1. The van der Waals surface area contributed by atoms with Crippen molar-refractivity contribution >= 4 is 0 Å². The van der Waals surface area contributed by atoms with E-state index in [0.717, 1.165) is 0 Å². The molecule has 0 saturated heterocycles. The van der Waals surface area contributed by atoms with Crippen LogP contribution in [0.4, 0.5) is 17.6 Å². The van der Waals surface area contributed by atoms with E-state index in [1.54, 1.807) is 0 Å². The summed E-state index contributed by atoms with van der Waals surface area (Å²) in [7, 11) is 0. The maximum atomic E-state index is 13.0. The molecule has 0 aliphatic heterocycles. The molecule has 0 aliphatic carbocycles. The molecule has 1 N–H and O–H groups in total. The molecule has 0 aromatic heterocycles. The normalized spacial score (nSPS) is 13.7. The van der Waals surface area contributed by atoms with Crippen LogP contribution in [0.25, 0.3) is 0 Å². The van der Waals surface area contributed by atoms with Crippen LogP contribution in [0.2, 0.25) is 0 Å². The van der Waals surface area contributed by atoms with Crippen LogP contribution in [0.15, 0.2) is 18.2 Å². The third-order valence-corrected chi connectivity index (χ3v) is 2.30. The van der Waals surface area contributed by atoms with Crippen molar-refractivity contribution in [2.75, 3.05) is 13.2 Å². The lowest BCUT2D eigenvalue weighted by atomic mass is 10.0. The molecule has 18 heavy (non-hydrogen) atoms. The predicted octanol–water partition coefficient (Wildman–Crippen LogP) is 3.30. The van der Waals surface area contributed by atoms with E-state index in [9.17, 15) is 22.7 Å². The molecule has 1 unspecified atom stereocenters. The van der Waals surface area contributed by atoms with Crippen LogP contribution in [0.1, 0.15) is 30.6 Å². The average molecular weight is 266 g/mol. The molecule has 0 spiro atoms. The molecule has 102 valence electrons. The fourth-order valence-electron chi connectivity index (χ4n) is 1.50. The van der Waals surface area contributed by atoms with Gasteiger partial charge in [-0.1, -0.05) is 6.92 Å². The minimum absolute atomic E-state index is 0.291. The Morgan fingerprint density at radius 1 is 1.33 bits per heavy atom. The van der Waals surface area contributed by atoms with Crippen molar-refractivity contribution in [1.82, 2.24) is 0 Å². The van der Waals surface area contributed by atoms with Gasteiger partial charge in [0, 0.05) is 6.61 Å². The molecule has 1 rings (SSSR count). The molecular formula is C12H14F4O2. The van der Waals surface area contributed by atoms with E-state index in [0.29, 0.717) is 31.2 Å². The van der Waals surface area contributed by atoms with Gasteiger partial charge < -0.3 is 9.84 Å². The highest BCUT2D eigenvalue weighted by molar-refractivity contribution is 5.32. The molecule has 0 bridgehead atoms. The number of rotatable bonds is 5. The first kappa shape index (κ1) is 14.9. The van der Waals surface area contributed by atoms with Gasteiger partial charge in [0.05, 0.1) is 12.2 Å². The third-order valence-electron chi connectivity index (χ3n) is 2.30. The first-order valence-electron chi connectivity index (χ1n) is 5.48. The summed E-state index contributed by atoms with van der Waals surface area (Å²) >= 11 is 0. The largest absolute Gasteiger partial charge is 0.416 e. The van der Waals surface area contributed by atoms with Gasteiger partial charge in [-0.05, 0) is 30.2 Å². The van der Waals surface area contributed by atoms with Gasteiger partial charge in [-0.15, -0.1) is 0 Å². The summed E-state index contributed by atoms with van der Waals surface area (Å²) in [4.78, 5) is 0. The molecule has 2 nitrogen and oxygen atoms in total. The number of hydrogen-bond donors (Lipinski definition) is 1. The summed E-state index contributed by atoms with van der Waals surface area (Å²) in [5, 5.41) is 9.62. The van der Waals surface area contributed by atoms with E-state index in [2.05, 4.69) is 0 Å². The lowest BCUT2D eigenvalue weighted by Gasteiger charge is -2.17. The van der Waals surface area contributed by atoms with Crippen molar-refractivity contribution in [3.63, 3.8) is 0 Å². The van der Waals surface area contributed by atoms with Crippen LogP contribution < -0.4 is 0 Å². The van der Waals surface area contributed by atoms with E-state index in [1.807, 2.05) is 6.92 Å². The number of ether oxygens (including phenoxy) is 1. The Balaban J connectivity index is 2.94. The van der Waals surface area contributed by atoms with Gasteiger partial charge >= 0.3 is 6.18 Å². The van der Waals surface area contributed by atoms with Crippen LogP contribution in [-0.2, 0) is 10.9 Å². The van der Waals surface area contributed by atoms with E-state index in [4.69, 9.17) is 4.74 Å². The SMILES string of the molecule is CCCOCC(O)c1cc(F)ccc1C(F)(F)F. The summed E-state index contributed by atoms with van der Waals surface area (Å²) in [5.74, 6) is -0.826. The van der Waals surface area contributed by atoms with Crippen molar-refractivity contribution in [2.24, 2.45) is 0 Å². The first-order valence-corrected chi connectivity index (χ1v) is 5.48. The quantitative estimate of drug-likeness (QED) is 0.654. The van der Waals surface area contributed by atoms with Crippen LogP contribution in [0.3, 0.4) is 0 Å². The van der Waals surface area contributed by atoms with Gasteiger partial charge in [-0.3, -0.25) is 0 Å². The van der Waals surface area contributed by atoms with Crippen molar-refractivity contribution < 1.29 is 27.4 Å². The number of aliphatic hydroxyl groups is 1. The second-order valence-corrected chi connectivity index (χ2v) is 3.82. The predicted molar refractivity (Wildman–Crippen MR) is 57.5 cm³/mol. The molecule has 0 heterocycles. The van der Waals surface area contributed by atoms with Crippen LogP contribution in [0.5, 0.6) is 0 Å². The second kappa shape index (κ2) is 6.15. The van der Waals surface area contributed by atoms with E-state index in [-0.39, 0.29) is 6.61 Å². The fourth-order valence-corrected chi connectivity index (χ4v) is 1.50. The minimum atomic E-state index is -4.63. The molecule has 0 radical (unpaired) electrons. The Morgan fingerprint density at radius 2 is 2.00 bits per heavy atom. The van der Waals surface area contributed by atoms with Gasteiger partial charge in [0.25, 0.3) is 0 Å². The lowest BCUT2D eigenvalue weighted by molar-refractivity contribution is -0.139. The number of aliphatic hydroxyl groups excluding tert-OH is 1. The first-order chi connectivity index (χ1) is 8.36. The number of halogens is 4. The molecule has 0 saturated carbocycles. The van der Waals surface area contributed by atoms with Gasteiger partial charge in [0.1, 0.15) is 11.9 Å². The van der Waals surface area contributed by atoms with Crippen LogP contribution in [0, 0.1) is 5.82 Å². The second-order valence-electron chi connectivity index (χ2n) is 3.82. The zero-order valence-corrected chi connectivity index (χ0v) is 9.80. The Labute approximate surface area is 102 Å². The average Bonchev–Trinajstić information content (AvgIpc) is 2.27. The molecular weight excluding hydrogens is 252 g/mol. The fraction of sp³-hybridized carbons (Fsp3) is 0.500. The summed E-state index contributed by atoms with van der Waals surface area (Å²) in [5.41, 5.74) is -1.55. The van der Waals surface area contributed by atoms with Crippen molar-refractivity contribution in [1.29, 1.82) is 0 Å². The molecule has 1 aromatic carbocycles. The maximum absolute atomic E-state index is 13.0. The van der Waals surface area contributed by atoms with Crippen molar-refractivity contribution in [2.45, 2.75) is 25.6 Å². The number of alkyl halides is 3. The standard InChI is InChI=1S/C12H14F4O2/c1-2-5-18-7-11(17)9-6-8(13)3-4-10(9)12(14,15)16/h3-4,6,11,17H,2,5,7H2,1H3. The summed E-state index contributed by atoms with van der Waals surface area (Å²) in [6.07, 6.45) is -5.44. The summed E-state index contributed by atoms with van der Waals surface area (Å²) in [6.45, 7) is 1.86. The molecule has 6 heteroatoms. The smallest absolute Gasteiger partial charge is 0.386 e. The Morgan fingerprint density at radius 3 is 2.56 bits per heavy atom. The van der Waals surface area contributed by atoms with Crippen molar-refractivity contribution in [3.05, 3.63) is 35.1 Å².